The van der Waals surface area contributed by atoms with Crippen LogP contribution in [-0.4, -0.2) is 84.2 Å². The Labute approximate surface area is 188 Å². The fourth-order valence-electron chi connectivity index (χ4n) is 4.01. The van der Waals surface area contributed by atoms with Crippen LogP contribution in [0.2, 0.25) is 0 Å². The van der Waals surface area contributed by atoms with Crippen molar-refractivity contribution < 1.29 is 30.9 Å². The van der Waals surface area contributed by atoms with Gasteiger partial charge >= 0.3 is 12.1 Å². The first-order valence-corrected chi connectivity index (χ1v) is 12.2. The third kappa shape index (κ3) is 5.27. The minimum absolute atomic E-state index is 0.0451. The van der Waals surface area contributed by atoms with Crippen LogP contribution in [0.4, 0.5) is 19.0 Å². The number of hydrogen-bond acceptors (Lipinski definition) is 8. The van der Waals surface area contributed by atoms with Crippen molar-refractivity contribution in [3.8, 4) is 11.4 Å². The molecule has 0 unspecified atom stereocenters. The maximum atomic E-state index is 12.8. The van der Waals surface area contributed by atoms with Gasteiger partial charge < -0.3 is 14.3 Å². The van der Waals surface area contributed by atoms with Gasteiger partial charge in [0, 0.05) is 56.9 Å². The molecule has 4 heterocycles. The Hall–Kier alpha value is -2.74. The van der Waals surface area contributed by atoms with Crippen molar-refractivity contribution in [2.24, 2.45) is 5.92 Å². The molecule has 0 saturated carbocycles. The number of carbonyl (C=O) groups excluding carboxylic acids is 1. The maximum Gasteiger partial charge on any atom is 0.471 e. The van der Waals surface area contributed by atoms with Crippen LogP contribution in [0.15, 0.2) is 22.9 Å². The van der Waals surface area contributed by atoms with E-state index in [9.17, 15) is 26.4 Å². The summed E-state index contributed by atoms with van der Waals surface area (Å²) in [6.45, 7) is 2.84. The van der Waals surface area contributed by atoms with Gasteiger partial charge in [-0.2, -0.15) is 18.2 Å². The van der Waals surface area contributed by atoms with Crippen LogP contribution in [0.3, 0.4) is 0 Å². The fraction of sp³-hybridized carbons (Fsp3) is 0.579. The van der Waals surface area contributed by atoms with E-state index in [0.717, 1.165) is 0 Å². The number of rotatable bonds is 4. The first-order valence-electron chi connectivity index (χ1n) is 10.4. The molecule has 2 saturated heterocycles. The van der Waals surface area contributed by atoms with Crippen molar-refractivity contribution in [2.75, 3.05) is 50.4 Å². The van der Waals surface area contributed by atoms with Crippen LogP contribution in [0.1, 0.15) is 18.7 Å². The lowest BCUT2D eigenvalue weighted by Gasteiger charge is -2.38. The molecule has 2 aromatic rings. The second-order valence-corrected chi connectivity index (χ2v) is 10.1. The zero-order valence-electron chi connectivity index (χ0n) is 17.8. The molecular weight excluding hydrogens is 465 g/mol. The molecule has 0 radical (unpaired) electrons. The van der Waals surface area contributed by atoms with Crippen LogP contribution in [0.25, 0.3) is 11.4 Å². The summed E-state index contributed by atoms with van der Waals surface area (Å²) in [5.74, 6) is -1.11. The van der Waals surface area contributed by atoms with Gasteiger partial charge in [-0.25, -0.2) is 17.7 Å². The van der Waals surface area contributed by atoms with Crippen molar-refractivity contribution in [3.05, 3.63) is 24.2 Å². The Bertz CT molecular complexity index is 1090. The van der Waals surface area contributed by atoms with Crippen molar-refractivity contribution in [2.45, 2.75) is 19.0 Å². The lowest BCUT2D eigenvalue weighted by molar-refractivity contribution is -0.159. The molecule has 180 valence electrons. The number of hydrogen-bond donors (Lipinski definition) is 0. The molecule has 14 heteroatoms. The van der Waals surface area contributed by atoms with E-state index in [4.69, 9.17) is 0 Å². The molecule has 0 bridgehead atoms. The molecule has 0 aromatic carbocycles. The molecule has 0 N–H and O–H groups in total. The van der Waals surface area contributed by atoms with Gasteiger partial charge in [-0.1, -0.05) is 5.16 Å². The molecule has 4 rings (SSSR count). The highest BCUT2D eigenvalue weighted by molar-refractivity contribution is 7.88. The average Bonchev–Trinajstić information content (AvgIpc) is 3.29. The standard InChI is InChI=1S/C19H23F3N6O4S/c1-33(30,31)28-6-4-13(5-7-28)17(29)27-10-8-26(9-11-27)15-3-2-14(12-23-15)16-24-18(32-25-16)19(20,21)22/h2-3,12-13H,4-11H2,1H3. The number of piperazine rings is 1. The number of nitrogens with zero attached hydrogens (tertiary/aromatic N) is 6. The van der Waals surface area contributed by atoms with E-state index in [-0.39, 0.29) is 17.6 Å². The Morgan fingerprint density at radius 1 is 1.09 bits per heavy atom. The van der Waals surface area contributed by atoms with Crippen LogP contribution in [-0.2, 0) is 21.0 Å². The molecule has 0 atom stereocenters. The number of pyridine rings is 1. The smallest absolute Gasteiger partial charge is 0.353 e. The molecule has 1 amide bonds. The van der Waals surface area contributed by atoms with E-state index in [0.29, 0.717) is 63.5 Å². The average molecular weight is 488 g/mol. The molecular formula is C19H23F3N6O4S. The second-order valence-electron chi connectivity index (χ2n) is 8.07. The summed E-state index contributed by atoms with van der Waals surface area (Å²) in [7, 11) is -3.23. The van der Waals surface area contributed by atoms with Crippen LogP contribution >= 0.6 is 0 Å². The summed E-state index contributed by atoms with van der Waals surface area (Å²) in [5, 5.41) is 3.35. The quantitative estimate of drug-likeness (QED) is 0.636. The molecule has 0 spiro atoms. The zero-order chi connectivity index (χ0) is 23.8. The van der Waals surface area contributed by atoms with Crippen LogP contribution < -0.4 is 4.90 Å². The van der Waals surface area contributed by atoms with Crippen molar-refractivity contribution in [3.63, 3.8) is 0 Å². The third-order valence-corrected chi connectivity index (χ3v) is 7.17. The van der Waals surface area contributed by atoms with E-state index < -0.39 is 22.1 Å². The number of piperidine rings is 1. The van der Waals surface area contributed by atoms with Gasteiger partial charge in [0.25, 0.3) is 0 Å². The highest BCUT2D eigenvalue weighted by atomic mass is 32.2. The number of amides is 1. The molecule has 10 nitrogen and oxygen atoms in total. The highest BCUT2D eigenvalue weighted by Gasteiger charge is 2.38. The number of aromatic nitrogens is 3. The lowest BCUT2D eigenvalue weighted by Crippen LogP contribution is -2.52. The number of sulfonamides is 1. The van der Waals surface area contributed by atoms with Crippen LogP contribution in [0.5, 0.6) is 0 Å². The molecule has 2 aliphatic rings. The van der Waals surface area contributed by atoms with Gasteiger partial charge in [-0.05, 0) is 25.0 Å². The van der Waals surface area contributed by atoms with E-state index in [2.05, 4.69) is 19.6 Å². The first-order chi connectivity index (χ1) is 15.5. The Morgan fingerprint density at radius 2 is 1.76 bits per heavy atom. The van der Waals surface area contributed by atoms with Gasteiger partial charge in [0.05, 0.1) is 6.26 Å². The molecule has 33 heavy (non-hydrogen) atoms. The summed E-state index contributed by atoms with van der Waals surface area (Å²) in [6.07, 6.45) is -1.12. The van der Waals surface area contributed by atoms with Crippen molar-refractivity contribution in [1.29, 1.82) is 0 Å². The summed E-state index contributed by atoms with van der Waals surface area (Å²) in [6, 6.07) is 3.23. The predicted octanol–water partition coefficient (Wildman–Crippen LogP) is 1.47. The van der Waals surface area contributed by atoms with Crippen LogP contribution in [0, 0.1) is 5.92 Å². The molecule has 0 aliphatic carbocycles. The second kappa shape index (κ2) is 8.89. The van der Waals surface area contributed by atoms with E-state index in [1.54, 1.807) is 17.0 Å². The lowest BCUT2D eigenvalue weighted by atomic mass is 9.96. The number of anilines is 1. The number of alkyl halides is 3. The summed E-state index contributed by atoms with van der Waals surface area (Å²) < 4.78 is 66.8. The monoisotopic (exact) mass is 488 g/mol. The SMILES string of the molecule is CS(=O)(=O)N1CCC(C(=O)N2CCN(c3ccc(-c4noc(C(F)(F)F)n4)cn3)CC2)CC1. The fourth-order valence-corrected chi connectivity index (χ4v) is 4.88. The first kappa shape index (κ1) is 23.4. The largest absolute Gasteiger partial charge is 0.471 e. The van der Waals surface area contributed by atoms with E-state index in [1.807, 2.05) is 4.90 Å². The van der Waals surface area contributed by atoms with E-state index >= 15 is 0 Å². The topological polar surface area (TPSA) is 113 Å². The summed E-state index contributed by atoms with van der Waals surface area (Å²) in [5.41, 5.74) is 0.298. The highest BCUT2D eigenvalue weighted by Crippen LogP contribution is 2.29. The van der Waals surface area contributed by atoms with E-state index in [1.165, 1.54) is 16.8 Å². The molecule has 2 aromatic heterocycles. The van der Waals surface area contributed by atoms with Crippen molar-refractivity contribution in [1.82, 2.24) is 24.3 Å². The summed E-state index contributed by atoms with van der Waals surface area (Å²) in [4.78, 5) is 24.3. The molecule has 2 fully saturated rings. The minimum atomic E-state index is -4.71. The van der Waals surface area contributed by atoms with Gasteiger partial charge in [-0.3, -0.25) is 4.79 Å². The Balaban J connectivity index is 1.31. The van der Waals surface area contributed by atoms with Gasteiger partial charge in [0.2, 0.25) is 21.8 Å². The zero-order valence-corrected chi connectivity index (χ0v) is 18.6. The minimum Gasteiger partial charge on any atom is -0.353 e. The molecule has 2 aliphatic heterocycles. The van der Waals surface area contributed by atoms with Gasteiger partial charge in [0.1, 0.15) is 5.82 Å². The normalized spacial score (nSPS) is 19.2. The maximum absolute atomic E-state index is 12.8. The number of carbonyl (C=O) groups is 1. The van der Waals surface area contributed by atoms with Crippen molar-refractivity contribution >= 4 is 21.7 Å². The summed E-state index contributed by atoms with van der Waals surface area (Å²) >= 11 is 0. The Kier molecular flexibility index (Phi) is 6.31. The van der Waals surface area contributed by atoms with Gasteiger partial charge in [0.15, 0.2) is 0 Å². The number of halogens is 3. The third-order valence-electron chi connectivity index (χ3n) is 5.86. The predicted molar refractivity (Wildman–Crippen MR) is 110 cm³/mol. The Morgan fingerprint density at radius 3 is 2.27 bits per heavy atom. The van der Waals surface area contributed by atoms with Gasteiger partial charge in [-0.15, -0.1) is 0 Å².